The van der Waals surface area contributed by atoms with E-state index in [-0.39, 0.29) is 0 Å². The molecule has 2 fully saturated rings. The molecule has 0 aliphatic carbocycles. The van der Waals surface area contributed by atoms with Crippen LogP contribution in [0.2, 0.25) is 0 Å². The summed E-state index contributed by atoms with van der Waals surface area (Å²) in [5, 5.41) is 3.58. The molecule has 0 aromatic carbocycles. The summed E-state index contributed by atoms with van der Waals surface area (Å²) in [6.07, 6.45) is 4.10. The largest absolute Gasteiger partial charge is 0.313 e. The Bertz CT molecular complexity index is 207. The Hall–Kier alpha value is -0.120. The lowest BCUT2D eigenvalue weighted by atomic mass is 10.0. The van der Waals surface area contributed by atoms with Crippen molar-refractivity contribution < 1.29 is 0 Å². The Kier molecular flexibility index (Phi) is 4.62. The summed E-state index contributed by atoms with van der Waals surface area (Å²) in [5.41, 5.74) is 0. The fraction of sp³-hybridized carbons (Fsp3) is 1.00. The van der Waals surface area contributed by atoms with Crippen LogP contribution in [0.25, 0.3) is 0 Å². The van der Waals surface area contributed by atoms with Gasteiger partial charge >= 0.3 is 0 Å². The smallest absolute Gasteiger partial charge is 0.0224 e. The second-order valence-corrected chi connectivity index (χ2v) is 5.39. The molecule has 0 saturated carbocycles. The summed E-state index contributed by atoms with van der Waals surface area (Å²) >= 11 is 0. The maximum absolute atomic E-state index is 3.58. The monoisotopic (exact) mass is 225 g/mol. The molecule has 2 rings (SSSR count). The zero-order valence-corrected chi connectivity index (χ0v) is 10.9. The van der Waals surface area contributed by atoms with Crippen molar-refractivity contribution in [3.8, 4) is 0 Å². The molecule has 3 heteroatoms. The van der Waals surface area contributed by atoms with E-state index in [1.165, 1.54) is 58.5 Å². The molecule has 2 aliphatic heterocycles. The van der Waals surface area contributed by atoms with Gasteiger partial charge in [-0.05, 0) is 52.4 Å². The van der Waals surface area contributed by atoms with E-state index >= 15 is 0 Å². The van der Waals surface area contributed by atoms with E-state index in [9.17, 15) is 0 Å². The summed E-state index contributed by atoms with van der Waals surface area (Å²) in [5.74, 6) is 0. The minimum atomic E-state index is 0.666. The molecule has 2 aliphatic rings. The molecular weight excluding hydrogens is 198 g/mol. The predicted octanol–water partition coefficient (Wildman–Crippen LogP) is 1.15. The zero-order chi connectivity index (χ0) is 11.4. The Morgan fingerprint density at radius 2 is 2.06 bits per heavy atom. The fourth-order valence-corrected chi connectivity index (χ4v) is 3.09. The Labute approximate surface area is 100 Å². The van der Waals surface area contributed by atoms with Crippen LogP contribution in [0.4, 0.5) is 0 Å². The van der Waals surface area contributed by atoms with Gasteiger partial charge in [-0.1, -0.05) is 6.92 Å². The predicted molar refractivity (Wildman–Crippen MR) is 68.8 cm³/mol. The van der Waals surface area contributed by atoms with E-state index < -0.39 is 0 Å². The topological polar surface area (TPSA) is 18.5 Å². The minimum absolute atomic E-state index is 0.666. The molecule has 3 nitrogen and oxygen atoms in total. The van der Waals surface area contributed by atoms with Crippen LogP contribution in [0, 0.1) is 0 Å². The van der Waals surface area contributed by atoms with Crippen LogP contribution in [-0.4, -0.2) is 61.2 Å². The SMILES string of the molecule is CCN1CCCC(N2CCCNC(C)C2)C1. The first-order valence-electron chi connectivity index (χ1n) is 6.99. The average molecular weight is 225 g/mol. The molecule has 2 atom stereocenters. The van der Waals surface area contributed by atoms with Crippen molar-refractivity contribution in [2.24, 2.45) is 0 Å². The molecule has 0 bridgehead atoms. The summed E-state index contributed by atoms with van der Waals surface area (Å²) in [6, 6.07) is 1.48. The van der Waals surface area contributed by atoms with Gasteiger partial charge < -0.3 is 10.2 Å². The lowest BCUT2D eigenvalue weighted by Crippen LogP contribution is -2.50. The number of nitrogens with one attached hydrogen (secondary N) is 1. The molecule has 1 N–H and O–H groups in total. The minimum Gasteiger partial charge on any atom is -0.313 e. The van der Waals surface area contributed by atoms with Crippen molar-refractivity contribution in [1.29, 1.82) is 0 Å². The van der Waals surface area contributed by atoms with E-state index in [1.807, 2.05) is 0 Å². The van der Waals surface area contributed by atoms with Gasteiger partial charge in [0.25, 0.3) is 0 Å². The number of hydrogen-bond acceptors (Lipinski definition) is 3. The van der Waals surface area contributed by atoms with E-state index in [1.54, 1.807) is 0 Å². The van der Waals surface area contributed by atoms with Crippen molar-refractivity contribution in [3.63, 3.8) is 0 Å². The van der Waals surface area contributed by atoms with E-state index in [0.717, 1.165) is 6.04 Å². The summed E-state index contributed by atoms with van der Waals surface area (Å²) < 4.78 is 0. The van der Waals surface area contributed by atoms with Crippen LogP contribution in [-0.2, 0) is 0 Å². The van der Waals surface area contributed by atoms with Crippen molar-refractivity contribution in [2.75, 3.05) is 39.3 Å². The highest BCUT2D eigenvalue weighted by Crippen LogP contribution is 2.17. The third-order valence-corrected chi connectivity index (χ3v) is 4.07. The maximum atomic E-state index is 3.58. The van der Waals surface area contributed by atoms with Gasteiger partial charge in [-0.25, -0.2) is 0 Å². The van der Waals surface area contributed by atoms with Gasteiger partial charge in [-0.3, -0.25) is 4.90 Å². The highest BCUT2D eigenvalue weighted by Gasteiger charge is 2.26. The number of piperidine rings is 1. The van der Waals surface area contributed by atoms with E-state index in [4.69, 9.17) is 0 Å². The van der Waals surface area contributed by atoms with E-state index in [0.29, 0.717) is 6.04 Å². The summed E-state index contributed by atoms with van der Waals surface area (Å²) in [7, 11) is 0. The van der Waals surface area contributed by atoms with Gasteiger partial charge in [0, 0.05) is 25.2 Å². The average Bonchev–Trinajstić information content (AvgIpc) is 2.54. The zero-order valence-electron chi connectivity index (χ0n) is 10.9. The quantitative estimate of drug-likeness (QED) is 0.761. The number of likely N-dealkylation sites (N-methyl/N-ethyl adjacent to an activating group) is 1. The molecule has 0 amide bonds. The van der Waals surface area contributed by atoms with Crippen LogP contribution in [0.1, 0.15) is 33.1 Å². The third kappa shape index (κ3) is 3.19. The van der Waals surface area contributed by atoms with Gasteiger partial charge in [0.2, 0.25) is 0 Å². The van der Waals surface area contributed by atoms with Gasteiger partial charge in [-0.2, -0.15) is 0 Å². The summed E-state index contributed by atoms with van der Waals surface area (Å²) in [6.45, 7) is 12.2. The van der Waals surface area contributed by atoms with Gasteiger partial charge in [0.1, 0.15) is 0 Å². The van der Waals surface area contributed by atoms with Gasteiger partial charge in [0.15, 0.2) is 0 Å². The first-order chi connectivity index (χ1) is 7.79. The lowest BCUT2D eigenvalue weighted by Gasteiger charge is -2.39. The lowest BCUT2D eigenvalue weighted by molar-refractivity contribution is 0.100. The van der Waals surface area contributed by atoms with E-state index in [2.05, 4.69) is 29.0 Å². The molecule has 2 heterocycles. The molecule has 94 valence electrons. The Morgan fingerprint density at radius 3 is 2.88 bits per heavy atom. The molecule has 0 aromatic rings. The first kappa shape index (κ1) is 12.3. The van der Waals surface area contributed by atoms with Gasteiger partial charge in [0.05, 0.1) is 0 Å². The molecule has 16 heavy (non-hydrogen) atoms. The van der Waals surface area contributed by atoms with Gasteiger partial charge in [-0.15, -0.1) is 0 Å². The number of nitrogens with zero attached hydrogens (tertiary/aromatic N) is 2. The van der Waals surface area contributed by atoms with Crippen molar-refractivity contribution in [1.82, 2.24) is 15.1 Å². The second kappa shape index (κ2) is 5.99. The number of likely N-dealkylation sites (tertiary alicyclic amines) is 1. The Morgan fingerprint density at radius 1 is 1.19 bits per heavy atom. The van der Waals surface area contributed by atoms with Crippen molar-refractivity contribution >= 4 is 0 Å². The number of hydrogen-bond donors (Lipinski definition) is 1. The second-order valence-electron chi connectivity index (χ2n) is 5.39. The van der Waals surface area contributed by atoms with Crippen LogP contribution >= 0.6 is 0 Å². The number of rotatable bonds is 2. The maximum Gasteiger partial charge on any atom is 0.0224 e. The van der Waals surface area contributed by atoms with Crippen molar-refractivity contribution in [3.05, 3.63) is 0 Å². The molecule has 2 unspecified atom stereocenters. The highest BCUT2D eigenvalue weighted by molar-refractivity contribution is 4.84. The Balaban J connectivity index is 1.89. The first-order valence-corrected chi connectivity index (χ1v) is 6.99. The van der Waals surface area contributed by atoms with Crippen molar-refractivity contribution in [2.45, 2.75) is 45.2 Å². The van der Waals surface area contributed by atoms with Crippen LogP contribution < -0.4 is 5.32 Å². The normalized spacial score (nSPS) is 34.9. The fourth-order valence-electron chi connectivity index (χ4n) is 3.09. The molecule has 0 aromatic heterocycles. The molecule has 0 radical (unpaired) electrons. The van der Waals surface area contributed by atoms with Crippen LogP contribution in [0.3, 0.4) is 0 Å². The summed E-state index contributed by atoms with van der Waals surface area (Å²) in [4.78, 5) is 5.34. The highest BCUT2D eigenvalue weighted by atomic mass is 15.2. The molecule has 0 spiro atoms. The third-order valence-electron chi connectivity index (χ3n) is 4.07. The molecule has 2 saturated heterocycles. The standard InChI is InChI=1S/C13H27N3/c1-3-15-8-4-6-13(11-15)16-9-5-7-14-12(2)10-16/h12-14H,3-11H2,1-2H3. The molecular formula is C13H27N3. The van der Waals surface area contributed by atoms with Crippen LogP contribution in [0.5, 0.6) is 0 Å². The van der Waals surface area contributed by atoms with Crippen LogP contribution in [0.15, 0.2) is 0 Å².